The summed E-state index contributed by atoms with van der Waals surface area (Å²) < 4.78 is 0. The Bertz CT molecular complexity index is 656. The van der Waals surface area contributed by atoms with Gasteiger partial charge in [-0.1, -0.05) is 19.9 Å². The molecular formula is C19H26N2O3. The number of piperidine rings is 1. The van der Waals surface area contributed by atoms with Gasteiger partial charge in [0.2, 0.25) is 5.91 Å². The Kier molecular flexibility index (Phi) is 4.63. The second-order valence-electron chi connectivity index (χ2n) is 7.63. The van der Waals surface area contributed by atoms with Crippen LogP contribution in [0.2, 0.25) is 0 Å². The molecule has 1 aromatic carbocycles. The summed E-state index contributed by atoms with van der Waals surface area (Å²) in [6.07, 6.45) is 4.44. The topological polar surface area (TPSA) is 69.6 Å². The minimum Gasteiger partial charge on any atom is -0.342 e. The molecule has 5 nitrogen and oxygen atoms in total. The lowest BCUT2D eigenvalue weighted by Gasteiger charge is -2.45. The normalized spacial score (nSPS) is 23.5. The Morgan fingerprint density at radius 2 is 2.12 bits per heavy atom. The van der Waals surface area contributed by atoms with Crippen molar-refractivity contribution in [3.8, 4) is 0 Å². The lowest BCUT2D eigenvalue weighted by Crippen LogP contribution is -2.52. The summed E-state index contributed by atoms with van der Waals surface area (Å²) >= 11 is 0. The van der Waals surface area contributed by atoms with Gasteiger partial charge in [-0.15, -0.1) is 0 Å². The van der Waals surface area contributed by atoms with E-state index in [0.717, 1.165) is 56.3 Å². The van der Waals surface area contributed by atoms with E-state index in [1.807, 2.05) is 17.0 Å². The van der Waals surface area contributed by atoms with E-state index in [9.17, 15) is 9.59 Å². The van der Waals surface area contributed by atoms with E-state index < -0.39 is 5.91 Å². The van der Waals surface area contributed by atoms with E-state index in [2.05, 4.69) is 13.8 Å². The highest BCUT2D eigenvalue weighted by atomic mass is 16.5. The summed E-state index contributed by atoms with van der Waals surface area (Å²) in [4.78, 5) is 26.7. The molecule has 0 aromatic heterocycles. The van der Waals surface area contributed by atoms with Crippen LogP contribution >= 0.6 is 0 Å². The highest BCUT2D eigenvalue weighted by Crippen LogP contribution is 2.43. The number of carbonyl (C=O) groups excluding carboxylic acids is 2. The van der Waals surface area contributed by atoms with Crippen molar-refractivity contribution in [1.82, 2.24) is 10.4 Å². The number of likely N-dealkylation sites (tertiary alicyclic amines) is 1. The lowest BCUT2D eigenvalue weighted by atomic mass is 9.66. The molecule has 1 aliphatic carbocycles. The Balaban J connectivity index is 1.83. The average molecular weight is 330 g/mol. The van der Waals surface area contributed by atoms with Crippen molar-refractivity contribution < 1.29 is 14.8 Å². The van der Waals surface area contributed by atoms with Gasteiger partial charge < -0.3 is 4.90 Å². The molecule has 2 amide bonds. The summed E-state index contributed by atoms with van der Waals surface area (Å²) in [6, 6.07) is 5.50. The first-order valence-corrected chi connectivity index (χ1v) is 8.81. The number of carbonyl (C=O) groups is 2. The van der Waals surface area contributed by atoms with Gasteiger partial charge >= 0.3 is 0 Å². The Labute approximate surface area is 143 Å². The van der Waals surface area contributed by atoms with Gasteiger partial charge in [0, 0.05) is 18.7 Å². The number of hydrogen-bond acceptors (Lipinski definition) is 3. The van der Waals surface area contributed by atoms with Gasteiger partial charge in [-0.25, -0.2) is 5.48 Å². The molecule has 0 saturated carbocycles. The molecular weight excluding hydrogens is 304 g/mol. The van der Waals surface area contributed by atoms with E-state index in [1.165, 1.54) is 0 Å². The number of benzene rings is 1. The highest BCUT2D eigenvalue weighted by molar-refractivity contribution is 5.93. The fourth-order valence-electron chi connectivity index (χ4n) is 4.23. The Morgan fingerprint density at radius 3 is 2.83 bits per heavy atom. The highest BCUT2D eigenvalue weighted by Gasteiger charge is 2.45. The molecule has 0 bridgehead atoms. The maximum Gasteiger partial charge on any atom is 0.274 e. The van der Waals surface area contributed by atoms with Crippen molar-refractivity contribution >= 4 is 11.8 Å². The second-order valence-corrected chi connectivity index (χ2v) is 7.63. The van der Waals surface area contributed by atoms with E-state index in [0.29, 0.717) is 17.4 Å². The first-order chi connectivity index (χ1) is 11.4. The van der Waals surface area contributed by atoms with Gasteiger partial charge in [0.05, 0.1) is 5.41 Å². The number of amides is 2. The number of nitrogens with one attached hydrogen (secondary N) is 1. The third-order valence-electron chi connectivity index (χ3n) is 5.38. The largest absolute Gasteiger partial charge is 0.342 e. The van der Waals surface area contributed by atoms with Gasteiger partial charge in [-0.2, -0.15) is 0 Å². The van der Waals surface area contributed by atoms with Crippen molar-refractivity contribution in [1.29, 1.82) is 0 Å². The van der Waals surface area contributed by atoms with E-state index in [-0.39, 0.29) is 5.41 Å². The first kappa shape index (κ1) is 17.0. The number of rotatable bonds is 3. The summed E-state index contributed by atoms with van der Waals surface area (Å²) in [5.74, 6) is 0.305. The minimum atomic E-state index is -0.491. The van der Waals surface area contributed by atoms with Crippen LogP contribution in [-0.2, 0) is 17.6 Å². The van der Waals surface area contributed by atoms with Crippen molar-refractivity contribution in [2.24, 2.45) is 11.3 Å². The first-order valence-electron chi connectivity index (χ1n) is 8.81. The molecule has 1 heterocycles. The van der Waals surface area contributed by atoms with Crippen LogP contribution in [0.5, 0.6) is 0 Å². The fraction of sp³-hybridized carbons (Fsp3) is 0.579. The monoisotopic (exact) mass is 330 g/mol. The molecule has 1 saturated heterocycles. The Hall–Kier alpha value is -1.88. The zero-order valence-electron chi connectivity index (χ0n) is 14.5. The molecule has 1 aliphatic heterocycles. The summed E-state index contributed by atoms with van der Waals surface area (Å²) in [5, 5.41) is 8.78. The lowest BCUT2D eigenvalue weighted by molar-refractivity contribution is -0.148. The summed E-state index contributed by atoms with van der Waals surface area (Å²) in [5.41, 5.74) is 4.16. The molecule has 1 spiro atoms. The van der Waals surface area contributed by atoms with Gasteiger partial charge in [0.15, 0.2) is 0 Å². The zero-order chi connectivity index (χ0) is 17.3. The number of hydrogen-bond donors (Lipinski definition) is 2. The van der Waals surface area contributed by atoms with Crippen LogP contribution in [0.15, 0.2) is 18.2 Å². The molecule has 1 fully saturated rings. The van der Waals surface area contributed by atoms with Gasteiger partial charge in [0.25, 0.3) is 5.91 Å². The molecule has 3 rings (SSSR count). The van der Waals surface area contributed by atoms with Crippen LogP contribution < -0.4 is 5.48 Å². The second kappa shape index (κ2) is 6.55. The molecule has 0 unspecified atom stereocenters. The van der Waals surface area contributed by atoms with Crippen molar-refractivity contribution in [2.45, 2.75) is 46.0 Å². The number of aryl methyl sites for hydroxylation is 1. The van der Waals surface area contributed by atoms with Crippen molar-refractivity contribution in [3.63, 3.8) is 0 Å². The molecule has 24 heavy (non-hydrogen) atoms. The maximum atomic E-state index is 13.1. The van der Waals surface area contributed by atoms with Crippen LogP contribution in [0.1, 0.15) is 54.6 Å². The molecule has 2 N–H and O–H groups in total. The predicted octanol–water partition coefficient (Wildman–Crippen LogP) is 2.56. The van der Waals surface area contributed by atoms with Crippen molar-refractivity contribution in [2.75, 3.05) is 13.1 Å². The molecule has 1 atom stereocenters. The number of nitrogens with zero attached hydrogens (tertiary/aromatic N) is 1. The standard InChI is InChI=1S/C19H26N2O3/c1-13(2)12-21-9-3-7-19(18(21)23)8-6-14-10-15(17(22)20-24)4-5-16(14)11-19/h4-5,10,13,24H,3,6-9,11-12H2,1-2H3,(H,20,22)/t19-/m0/s1. The summed E-state index contributed by atoms with van der Waals surface area (Å²) in [6.45, 7) is 6.02. The van der Waals surface area contributed by atoms with E-state index in [1.54, 1.807) is 11.5 Å². The molecule has 0 radical (unpaired) electrons. The zero-order valence-corrected chi connectivity index (χ0v) is 14.5. The Morgan fingerprint density at radius 1 is 1.33 bits per heavy atom. The van der Waals surface area contributed by atoms with E-state index >= 15 is 0 Å². The van der Waals surface area contributed by atoms with E-state index in [4.69, 9.17) is 5.21 Å². The quantitative estimate of drug-likeness (QED) is 0.661. The molecule has 1 aromatic rings. The van der Waals surface area contributed by atoms with Crippen LogP contribution in [0.25, 0.3) is 0 Å². The number of fused-ring (bicyclic) bond motifs is 1. The van der Waals surface area contributed by atoms with Gasteiger partial charge in [-0.3, -0.25) is 14.8 Å². The smallest absolute Gasteiger partial charge is 0.274 e. The molecule has 130 valence electrons. The van der Waals surface area contributed by atoms with Crippen LogP contribution in [-0.4, -0.2) is 35.0 Å². The number of hydroxylamine groups is 1. The fourth-order valence-corrected chi connectivity index (χ4v) is 4.23. The summed E-state index contributed by atoms with van der Waals surface area (Å²) in [7, 11) is 0. The van der Waals surface area contributed by atoms with Gasteiger partial charge in [0.1, 0.15) is 0 Å². The van der Waals surface area contributed by atoms with Gasteiger partial charge in [-0.05, 0) is 61.3 Å². The molecule has 5 heteroatoms. The van der Waals surface area contributed by atoms with Crippen LogP contribution in [0.3, 0.4) is 0 Å². The SMILES string of the molecule is CC(C)CN1CCC[C@@]2(CCc3cc(C(=O)NO)ccc3C2)C1=O. The average Bonchev–Trinajstić information content (AvgIpc) is 2.57. The molecule has 2 aliphatic rings. The minimum absolute atomic E-state index is 0.263. The predicted molar refractivity (Wildman–Crippen MR) is 90.8 cm³/mol. The third-order valence-corrected chi connectivity index (χ3v) is 5.38. The van der Waals surface area contributed by atoms with Crippen molar-refractivity contribution in [3.05, 3.63) is 34.9 Å². The van der Waals surface area contributed by atoms with Crippen LogP contribution in [0, 0.1) is 11.3 Å². The maximum absolute atomic E-state index is 13.1. The van der Waals surface area contributed by atoms with Crippen LogP contribution in [0.4, 0.5) is 0 Å². The third kappa shape index (κ3) is 3.05.